The molecule has 0 spiro atoms. The molecule has 1 fully saturated rings. The molecule has 142 valence electrons. The molecule has 2 heterocycles. The van der Waals surface area contributed by atoms with Gasteiger partial charge in [0.25, 0.3) is 5.91 Å². The van der Waals surface area contributed by atoms with Crippen molar-refractivity contribution in [1.82, 2.24) is 9.97 Å². The van der Waals surface area contributed by atoms with Gasteiger partial charge in [0.15, 0.2) is 9.84 Å². The highest BCUT2D eigenvalue weighted by Gasteiger charge is 2.28. The van der Waals surface area contributed by atoms with E-state index in [2.05, 4.69) is 25.9 Å². The Balaban J connectivity index is 1.64. The molecular weight excluding hydrogens is 370 g/mol. The van der Waals surface area contributed by atoms with Crippen molar-refractivity contribution in [3.8, 4) is 0 Å². The molecule has 2 aromatic rings. The average Bonchev–Trinajstić information content (AvgIpc) is 2.95. The Morgan fingerprint density at radius 3 is 2.33 bits per heavy atom. The van der Waals surface area contributed by atoms with Crippen LogP contribution in [-0.2, 0) is 14.6 Å². The lowest BCUT2D eigenvalue weighted by molar-refractivity contribution is -0.114. The molecule has 9 nitrogen and oxygen atoms in total. The lowest BCUT2D eigenvalue weighted by Crippen LogP contribution is -2.23. The fraction of sp³-hybridized carbons (Fsp3) is 0.294. The van der Waals surface area contributed by atoms with Crippen molar-refractivity contribution in [3.63, 3.8) is 0 Å². The molecule has 0 saturated carbocycles. The van der Waals surface area contributed by atoms with Gasteiger partial charge in [-0.1, -0.05) is 0 Å². The van der Waals surface area contributed by atoms with Gasteiger partial charge >= 0.3 is 0 Å². The van der Waals surface area contributed by atoms with Crippen LogP contribution in [0.1, 0.15) is 23.8 Å². The number of anilines is 3. The van der Waals surface area contributed by atoms with E-state index in [-0.39, 0.29) is 35.1 Å². The number of rotatable bonds is 5. The van der Waals surface area contributed by atoms with Gasteiger partial charge in [-0.25, -0.2) is 18.4 Å². The van der Waals surface area contributed by atoms with Crippen LogP contribution in [0.2, 0.25) is 0 Å². The summed E-state index contributed by atoms with van der Waals surface area (Å²) in [7, 11) is -3.02. The molecule has 0 bridgehead atoms. The van der Waals surface area contributed by atoms with Crippen LogP contribution in [0.3, 0.4) is 0 Å². The smallest absolute Gasteiger partial charge is 0.274 e. The standard InChI is InChI=1S/C17H19N5O4S/c1-11(23)19-12-2-4-13(5-3-12)20-16(24)15-6-8-18-17(22-15)21-14-7-9-27(25,26)10-14/h2-6,8,14H,7,9-10H2,1H3,(H,19,23)(H,20,24)(H,18,21,22). The number of carbonyl (C=O) groups is 2. The van der Waals surface area contributed by atoms with E-state index in [1.807, 2.05) is 0 Å². The summed E-state index contributed by atoms with van der Waals surface area (Å²) in [6, 6.07) is 7.88. The SMILES string of the molecule is CC(=O)Nc1ccc(NC(=O)c2ccnc(NC3CCS(=O)(=O)C3)n2)cc1. The zero-order chi connectivity index (χ0) is 19.4. The van der Waals surface area contributed by atoms with Crippen LogP contribution in [-0.4, -0.2) is 47.7 Å². The van der Waals surface area contributed by atoms with Crippen molar-refractivity contribution in [2.24, 2.45) is 0 Å². The van der Waals surface area contributed by atoms with E-state index in [9.17, 15) is 18.0 Å². The average molecular weight is 389 g/mol. The highest BCUT2D eigenvalue weighted by atomic mass is 32.2. The molecule has 10 heteroatoms. The van der Waals surface area contributed by atoms with Crippen LogP contribution in [0.5, 0.6) is 0 Å². The van der Waals surface area contributed by atoms with Crippen LogP contribution in [0.15, 0.2) is 36.5 Å². The van der Waals surface area contributed by atoms with Gasteiger partial charge in [-0.3, -0.25) is 9.59 Å². The van der Waals surface area contributed by atoms with Crippen molar-refractivity contribution < 1.29 is 18.0 Å². The van der Waals surface area contributed by atoms with Crippen molar-refractivity contribution in [2.75, 3.05) is 27.5 Å². The topological polar surface area (TPSA) is 130 Å². The van der Waals surface area contributed by atoms with Crippen molar-refractivity contribution >= 4 is 39.0 Å². The molecule has 1 aromatic carbocycles. The number of carbonyl (C=O) groups excluding carboxylic acids is 2. The number of aromatic nitrogens is 2. The summed E-state index contributed by atoms with van der Waals surface area (Å²) < 4.78 is 23.0. The first kappa shape index (κ1) is 18.8. The van der Waals surface area contributed by atoms with Gasteiger partial charge < -0.3 is 16.0 Å². The normalized spacial score (nSPS) is 17.9. The minimum atomic E-state index is -3.02. The van der Waals surface area contributed by atoms with E-state index in [4.69, 9.17) is 0 Å². The monoisotopic (exact) mass is 389 g/mol. The summed E-state index contributed by atoms with van der Waals surface area (Å²) in [5.41, 5.74) is 1.32. The second kappa shape index (κ2) is 7.70. The van der Waals surface area contributed by atoms with E-state index >= 15 is 0 Å². The third-order valence-electron chi connectivity index (χ3n) is 3.92. The number of amides is 2. The molecule has 1 atom stereocenters. The minimum Gasteiger partial charge on any atom is -0.350 e. The Morgan fingerprint density at radius 2 is 1.74 bits per heavy atom. The number of benzene rings is 1. The molecule has 1 saturated heterocycles. The van der Waals surface area contributed by atoms with Crippen LogP contribution in [0.4, 0.5) is 17.3 Å². The fourth-order valence-corrected chi connectivity index (χ4v) is 4.35. The third kappa shape index (κ3) is 5.23. The second-order valence-corrected chi connectivity index (χ2v) is 8.45. The number of hydrogen-bond acceptors (Lipinski definition) is 7. The zero-order valence-electron chi connectivity index (χ0n) is 14.6. The molecule has 0 radical (unpaired) electrons. The predicted octanol–water partition coefficient (Wildman–Crippen LogP) is 1.29. The number of nitrogens with zero attached hydrogens (tertiary/aromatic N) is 2. The Kier molecular flexibility index (Phi) is 5.36. The lowest BCUT2D eigenvalue weighted by Gasteiger charge is -2.11. The largest absolute Gasteiger partial charge is 0.350 e. The molecular formula is C17H19N5O4S. The van der Waals surface area contributed by atoms with Crippen molar-refractivity contribution in [3.05, 3.63) is 42.2 Å². The van der Waals surface area contributed by atoms with E-state index < -0.39 is 15.7 Å². The molecule has 3 rings (SSSR count). The van der Waals surface area contributed by atoms with Gasteiger partial charge in [0.1, 0.15) is 5.69 Å². The quantitative estimate of drug-likeness (QED) is 0.702. The highest BCUT2D eigenvalue weighted by Crippen LogP contribution is 2.16. The van der Waals surface area contributed by atoms with Crippen LogP contribution in [0.25, 0.3) is 0 Å². The number of nitrogens with one attached hydrogen (secondary N) is 3. The summed E-state index contributed by atoms with van der Waals surface area (Å²) in [6.45, 7) is 1.41. The molecule has 1 aliphatic rings. The zero-order valence-corrected chi connectivity index (χ0v) is 15.4. The maximum absolute atomic E-state index is 12.4. The molecule has 1 unspecified atom stereocenters. The van der Waals surface area contributed by atoms with E-state index in [1.165, 1.54) is 19.2 Å². The second-order valence-electron chi connectivity index (χ2n) is 6.22. The van der Waals surface area contributed by atoms with Crippen molar-refractivity contribution in [2.45, 2.75) is 19.4 Å². The molecule has 3 N–H and O–H groups in total. The van der Waals surface area contributed by atoms with Gasteiger partial charge in [-0.2, -0.15) is 0 Å². The van der Waals surface area contributed by atoms with Gasteiger partial charge in [-0.05, 0) is 36.8 Å². The van der Waals surface area contributed by atoms with Gasteiger partial charge in [0, 0.05) is 30.5 Å². The molecule has 27 heavy (non-hydrogen) atoms. The Bertz CT molecular complexity index is 960. The first-order valence-corrected chi connectivity index (χ1v) is 10.1. The van der Waals surface area contributed by atoms with Gasteiger partial charge in [0.2, 0.25) is 11.9 Å². The Labute approximate surface area is 156 Å². The summed E-state index contributed by atoms with van der Waals surface area (Å²) in [4.78, 5) is 31.6. The Hall–Kier alpha value is -3.01. The van der Waals surface area contributed by atoms with E-state index in [0.29, 0.717) is 17.8 Å². The van der Waals surface area contributed by atoms with Crippen LogP contribution in [0, 0.1) is 0 Å². The number of sulfone groups is 1. The first-order chi connectivity index (χ1) is 12.8. The fourth-order valence-electron chi connectivity index (χ4n) is 2.68. The number of hydrogen-bond donors (Lipinski definition) is 3. The Morgan fingerprint density at radius 1 is 1.07 bits per heavy atom. The van der Waals surface area contributed by atoms with Gasteiger partial charge in [-0.15, -0.1) is 0 Å². The summed E-state index contributed by atoms with van der Waals surface area (Å²) in [6.07, 6.45) is 1.93. The molecule has 1 aromatic heterocycles. The highest BCUT2D eigenvalue weighted by molar-refractivity contribution is 7.91. The third-order valence-corrected chi connectivity index (χ3v) is 5.68. The first-order valence-electron chi connectivity index (χ1n) is 8.30. The summed E-state index contributed by atoms with van der Waals surface area (Å²) >= 11 is 0. The minimum absolute atomic E-state index is 0.0351. The maximum Gasteiger partial charge on any atom is 0.274 e. The maximum atomic E-state index is 12.4. The summed E-state index contributed by atoms with van der Waals surface area (Å²) in [5, 5.41) is 8.31. The predicted molar refractivity (Wildman–Crippen MR) is 101 cm³/mol. The van der Waals surface area contributed by atoms with E-state index in [1.54, 1.807) is 24.3 Å². The van der Waals surface area contributed by atoms with E-state index in [0.717, 1.165) is 0 Å². The molecule has 0 aliphatic carbocycles. The van der Waals surface area contributed by atoms with Crippen molar-refractivity contribution in [1.29, 1.82) is 0 Å². The lowest BCUT2D eigenvalue weighted by atomic mass is 10.2. The molecule has 1 aliphatic heterocycles. The molecule has 2 amide bonds. The van der Waals surface area contributed by atoms with Crippen LogP contribution >= 0.6 is 0 Å². The van der Waals surface area contributed by atoms with Crippen LogP contribution < -0.4 is 16.0 Å². The summed E-state index contributed by atoms with van der Waals surface area (Å²) in [5.74, 6) is -0.215. The van der Waals surface area contributed by atoms with Gasteiger partial charge in [0.05, 0.1) is 11.5 Å².